The Morgan fingerprint density at radius 3 is 2.58 bits per heavy atom. The predicted molar refractivity (Wildman–Crippen MR) is 123 cm³/mol. The molecule has 1 saturated heterocycles. The number of benzene rings is 2. The Kier molecular flexibility index (Phi) is 6.86. The molecule has 0 aliphatic carbocycles. The molecule has 9 heteroatoms. The smallest absolute Gasteiger partial charge is 0.292 e. The van der Waals surface area contributed by atoms with Crippen LogP contribution in [0.2, 0.25) is 0 Å². The molecule has 1 atom stereocenters. The molecular weight excluding hydrogens is 416 g/mol. The lowest BCUT2D eigenvalue weighted by Crippen LogP contribution is -2.33. The van der Waals surface area contributed by atoms with E-state index in [9.17, 15) is 19.7 Å². The Labute approximate surface area is 184 Å². The maximum Gasteiger partial charge on any atom is 0.292 e. The molecule has 1 fully saturated rings. The molecule has 0 unspecified atom stereocenters. The second-order valence-electron chi connectivity index (χ2n) is 7.01. The number of carbonyl (C=O) groups is 2. The zero-order valence-corrected chi connectivity index (χ0v) is 18.0. The van der Waals surface area contributed by atoms with Crippen LogP contribution in [0, 0.1) is 24.0 Å². The first-order valence-electron chi connectivity index (χ1n) is 9.59. The normalized spacial score (nSPS) is 17.1. The van der Waals surface area contributed by atoms with Crippen molar-refractivity contribution >= 4 is 45.8 Å². The fraction of sp³-hybridized carbons (Fsp3) is 0.227. The summed E-state index contributed by atoms with van der Waals surface area (Å²) in [4.78, 5) is 42.3. The number of hydrogen-bond donors (Lipinski definition) is 1. The third-order valence-corrected chi connectivity index (χ3v) is 5.90. The van der Waals surface area contributed by atoms with Gasteiger partial charge in [-0.25, -0.2) is 4.99 Å². The molecule has 0 saturated carbocycles. The molecule has 2 amide bonds. The largest absolute Gasteiger partial charge is 0.320 e. The number of thioether (sulfide) groups is 1. The van der Waals surface area contributed by atoms with Crippen LogP contribution in [0.15, 0.2) is 60.1 Å². The summed E-state index contributed by atoms with van der Waals surface area (Å²) in [5, 5.41) is 13.5. The van der Waals surface area contributed by atoms with E-state index >= 15 is 0 Å². The van der Waals surface area contributed by atoms with Crippen molar-refractivity contribution in [2.24, 2.45) is 4.99 Å². The van der Waals surface area contributed by atoms with Crippen LogP contribution < -0.4 is 5.32 Å². The number of aryl methyl sites for hydroxylation is 2. The molecular formula is C22H22N4O4S. The molecule has 2 aromatic rings. The van der Waals surface area contributed by atoms with Crippen molar-refractivity contribution in [2.75, 3.05) is 11.9 Å². The number of anilines is 1. The number of amidine groups is 1. The summed E-state index contributed by atoms with van der Waals surface area (Å²) >= 11 is 1.21. The third kappa shape index (κ3) is 5.00. The predicted octanol–water partition coefficient (Wildman–Crippen LogP) is 4.36. The molecule has 0 bridgehead atoms. The lowest BCUT2D eigenvalue weighted by atomic mass is 10.1. The first-order chi connectivity index (χ1) is 14.8. The Hall–Kier alpha value is -3.46. The number of carbonyl (C=O) groups excluding carboxylic acids is 2. The van der Waals surface area contributed by atoms with Gasteiger partial charge >= 0.3 is 0 Å². The summed E-state index contributed by atoms with van der Waals surface area (Å²) in [7, 11) is 0. The molecule has 31 heavy (non-hydrogen) atoms. The van der Waals surface area contributed by atoms with Gasteiger partial charge in [-0.3, -0.25) is 24.6 Å². The van der Waals surface area contributed by atoms with Gasteiger partial charge in [-0.15, -0.1) is 6.58 Å². The quantitative estimate of drug-likeness (QED) is 0.393. The van der Waals surface area contributed by atoms with E-state index in [2.05, 4.69) is 11.9 Å². The number of para-hydroxylation sites is 3. The van der Waals surface area contributed by atoms with E-state index in [0.717, 1.165) is 16.8 Å². The lowest BCUT2D eigenvalue weighted by Gasteiger charge is -2.14. The standard InChI is InChI=1S/C22H22N4O4S/c1-4-12-25-21(28)18(31-22(25)24-20-14(2)8-7-9-15(20)3)13-19(27)23-16-10-5-6-11-17(16)26(29)30/h4-11,18H,1,12-13H2,2-3H3,(H,23,27)/t18-/m0/s1. The van der Waals surface area contributed by atoms with Crippen LogP contribution in [-0.4, -0.2) is 38.6 Å². The number of amides is 2. The minimum absolute atomic E-state index is 0.0975. The number of nitrogens with one attached hydrogen (secondary N) is 1. The molecule has 3 rings (SSSR count). The van der Waals surface area contributed by atoms with Crippen molar-refractivity contribution in [3.8, 4) is 0 Å². The first kappa shape index (κ1) is 22.2. The average molecular weight is 439 g/mol. The highest BCUT2D eigenvalue weighted by molar-refractivity contribution is 8.15. The Balaban J connectivity index is 1.81. The van der Waals surface area contributed by atoms with Gasteiger partial charge in [0.05, 0.1) is 10.6 Å². The summed E-state index contributed by atoms with van der Waals surface area (Å²) in [5.74, 6) is -0.723. The highest BCUT2D eigenvalue weighted by Gasteiger charge is 2.39. The van der Waals surface area contributed by atoms with Gasteiger partial charge in [0.25, 0.3) is 5.69 Å². The maximum atomic E-state index is 12.9. The van der Waals surface area contributed by atoms with Crippen LogP contribution in [-0.2, 0) is 9.59 Å². The Bertz CT molecular complexity index is 1060. The zero-order valence-electron chi connectivity index (χ0n) is 17.2. The topological polar surface area (TPSA) is 105 Å². The van der Waals surface area contributed by atoms with Gasteiger partial charge in [-0.05, 0) is 31.0 Å². The lowest BCUT2D eigenvalue weighted by molar-refractivity contribution is -0.383. The van der Waals surface area contributed by atoms with Crippen LogP contribution in [0.5, 0.6) is 0 Å². The van der Waals surface area contributed by atoms with Crippen LogP contribution in [0.3, 0.4) is 0 Å². The van der Waals surface area contributed by atoms with Crippen molar-refractivity contribution < 1.29 is 14.5 Å². The van der Waals surface area contributed by atoms with Crippen molar-refractivity contribution in [3.05, 3.63) is 76.4 Å². The van der Waals surface area contributed by atoms with Gasteiger partial charge < -0.3 is 5.32 Å². The molecule has 160 valence electrons. The molecule has 1 aliphatic rings. The Morgan fingerprint density at radius 1 is 1.26 bits per heavy atom. The second kappa shape index (κ2) is 9.57. The molecule has 1 aliphatic heterocycles. The van der Waals surface area contributed by atoms with E-state index in [4.69, 9.17) is 4.99 Å². The number of rotatable bonds is 7. The molecule has 0 spiro atoms. The fourth-order valence-corrected chi connectivity index (χ4v) is 4.36. The minimum atomic E-state index is -0.675. The van der Waals surface area contributed by atoms with Crippen LogP contribution in [0.4, 0.5) is 17.1 Å². The van der Waals surface area contributed by atoms with Crippen molar-refractivity contribution in [1.82, 2.24) is 4.90 Å². The van der Waals surface area contributed by atoms with Gasteiger partial charge in [-0.2, -0.15) is 0 Å². The van der Waals surface area contributed by atoms with Crippen LogP contribution >= 0.6 is 11.8 Å². The zero-order chi connectivity index (χ0) is 22.5. The van der Waals surface area contributed by atoms with E-state index in [-0.39, 0.29) is 30.2 Å². The highest BCUT2D eigenvalue weighted by atomic mass is 32.2. The molecule has 0 radical (unpaired) electrons. The van der Waals surface area contributed by atoms with Crippen LogP contribution in [0.1, 0.15) is 17.5 Å². The van der Waals surface area contributed by atoms with E-state index in [1.54, 1.807) is 12.1 Å². The third-order valence-electron chi connectivity index (χ3n) is 4.72. The number of hydrogen-bond acceptors (Lipinski definition) is 6. The summed E-state index contributed by atoms with van der Waals surface area (Å²) in [6.45, 7) is 7.87. The number of nitrogens with zero attached hydrogens (tertiary/aromatic N) is 3. The van der Waals surface area contributed by atoms with E-state index in [0.29, 0.717) is 5.17 Å². The van der Waals surface area contributed by atoms with Gasteiger partial charge in [0.15, 0.2) is 5.17 Å². The summed E-state index contributed by atoms with van der Waals surface area (Å²) in [5.41, 5.74) is 2.65. The molecule has 2 aromatic carbocycles. The molecule has 0 aromatic heterocycles. The van der Waals surface area contributed by atoms with Crippen molar-refractivity contribution in [1.29, 1.82) is 0 Å². The van der Waals surface area contributed by atoms with Crippen LogP contribution in [0.25, 0.3) is 0 Å². The van der Waals surface area contributed by atoms with Gasteiger partial charge in [0, 0.05) is 19.0 Å². The molecule has 8 nitrogen and oxygen atoms in total. The van der Waals surface area contributed by atoms with Gasteiger partial charge in [-0.1, -0.05) is 48.2 Å². The summed E-state index contributed by atoms with van der Waals surface area (Å²) in [6, 6.07) is 11.7. The van der Waals surface area contributed by atoms with E-state index in [1.807, 2.05) is 32.0 Å². The average Bonchev–Trinajstić information content (AvgIpc) is 3.00. The second-order valence-corrected chi connectivity index (χ2v) is 8.18. The van der Waals surface area contributed by atoms with Gasteiger partial charge in [0.2, 0.25) is 11.8 Å². The highest BCUT2D eigenvalue weighted by Crippen LogP contribution is 2.34. The minimum Gasteiger partial charge on any atom is -0.320 e. The number of nitro groups is 1. The maximum absolute atomic E-state index is 12.9. The van der Waals surface area contributed by atoms with Gasteiger partial charge in [0.1, 0.15) is 10.9 Å². The molecule has 1 heterocycles. The summed E-state index contributed by atoms with van der Waals surface area (Å²) in [6.07, 6.45) is 1.48. The number of nitro benzene ring substituents is 1. The van der Waals surface area contributed by atoms with E-state index in [1.165, 1.54) is 34.9 Å². The summed E-state index contributed by atoms with van der Waals surface area (Å²) < 4.78 is 0. The Morgan fingerprint density at radius 2 is 1.94 bits per heavy atom. The SMILES string of the molecule is C=CCN1C(=O)[C@H](CC(=O)Nc2ccccc2[N+](=O)[O-])SC1=Nc1c(C)cccc1C. The van der Waals surface area contributed by atoms with Crippen molar-refractivity contribution in [3.63, 3.8) is 0 Å². The molecule has 1 N–H and O–H groups in total. The fourth-order valence-electron chi connectivity index (χ4n) is 3.21. The first-order valence-corrected chi connectivity index (χ1v) is 10.5. The van der Waals surface area contributed by atoms with Crippen molar-refractivity contribution in [2.45, 2.75) is 25.5 Å². The monoisotopic (exact) mass is 438 g/mol. The van der Waals surface area contributed by atoms with E-state index < -0.39 is 16.1 Å². The number of aliphatic imine (C=N–C) groups is 1.